The molecule has 116 valence electrons. The summed E-state index contributed by atoms with van der Waals surface area (Å²) in [4.78, 5) is 11.9. The van der Waals surface area contributed by atoms with Gasteiger partial charge in [-0.25, -0.2) is 4.79 Å². The van der Waals surface area contributed by atoms with E-state index in [0.717, 1.165) is 38.5 Å². The van der Waals surface area contributed by atoms with Crippen molar-refractivity contribution in [1.29, 1.82) is 0 Å². The van der Waals surface area contributed by atoms with E-state index in [1.165, 1.54) is 0 Å². The Labute approximate surface area is 123 Å². The van der Waals surface area contributed by atoms with Crippen LogP contribution in [-0.2, 0) is 10.8 Å². The Bertz CT molecular complexity index is 360. The summed E-state index contributed by atoms with van der Waals surface area (Å²) in [6.45, 7) is 2.23. The summed E-state index contributed by atoms with van der Waals surface area (Å²) in [6, 6.07) is -0.239. The third kappa shape index (κ3) is 4.45. The molecule has 2 rings (SSSR count). The van der Waals surface area contributed by atoms with Crippen LogP contribution in [0.1, 0.15) is 45.4 Å². The van der Waals surface area contributed by atoms with Crippen LogP contribution in [-0.4, -0.2) is 45.0 Å². The Kier molecular flexibility index (Phi) is 5.84. The first-order valence-corrected chi connectivity index (χ1v) is 9.09. The molecule has 4 atom stereocenters. The predicted molar refractivity (Wildman–Crippen MR) is 80.0 cm³/mol. The minimum Gasteiger partial charge on any atom is -0.391 e. The highest BCUT2D eigenvalue weighted by molar-refractivity contribution is 7.85. The SMILES string of the molecule is CC[S@](=O)[C@@H]1CCCC[C@H]1NC(=O)NC[C@H](O)C1CC1. The average Bonchev–Trinajstić information content (AvgIpc) is 3.29. The highest BCUT2D eigenvalue weighted by atomic mass is 32.2. The summed E-state index contributed by atoms with van der Waals surface area (Å²) < 4.78 is 12.0. The van der Waals surface area contributed by atoms with Crippen LogP contribution >= 0.6 is 0 Å². The molecule has 0 bridgehead atoms. The zero-order chi connectivity index (χ0) is 14.5. The lowest BCUT2D eigenvalue weighted by Crippen LogP contribution is -2.51. The van der Waals surface area contributed by atoms with Crippen LogP contribution in [0.5, 0.6) is 0 Å². The maximum Gasteiger partial charge on any atom is 0.315 e. The summed E-state index contributed by atoms with van der Waals surface area (Å²) in [5.41, 5.74) is 0. The van der Waals surface area contributed by atoms with Crippen LogP contribution in [0.3, 0.4) is 0 Å². The van der Waals surface area contributed by atoms with Crippen molar-refractivity contribution in [1.82, 2.24) is 10.6 Å². The van der Waals surface area contributed by atoms with Crippen molar-refractivity contribution in [2.24, 2.45) is 5.92 Å². The molecule has 0 aliphatic heterocycles. The topological polar surface area (TPSA) is 78.4 Å². The number of nitrogens with one attached hydrogen (secondary N) is 2. The van der Waals surface area contributed by atoms with Gasteiger partial charge in [0.15, 0.2) is 0 Å². The fourth-order valence-corrected chi connectivity index (χ4v) is 4.28. The van der Waals surface area contributed by atoms with Crippen molar-refractivity contribution in [2.75, 3.05) is 12.3 Å². The maximum atomic E-state index is 12.0. The molecule has 0 spiro atoms. The van der Waals surface area contributed by atoms with Gasteiger partial charge in [0, 0.05) is 29.1 Å². The van der Waals surface area contributed by atoms with Crippen LogP contribution in [0.25, 0.3) is 0 Å². The normalized spacial score (nSPS) is 29.5. The number of carbonyl (C=O) groups excluding carboxylic acids is 1. The molecule has 20 heavy (non-hydrogen) atoms. The molecule has 2 amide bonds. The Hall–Kier alpha value is -0.620. The molecule has 2 fully saturated rings. The van der Waals surface area contributed by atoms with Crippen molar-refractivity contribution in [2.45, 2.75) is 62.8 Å². The van der Waals surface area contributed by atoms with Gasteiger partial charge in [-0.05, 0) is 31.6 Å². The van der Waals surface area contributed by atoms with Gasteiger partial charge in [-0.1, -0.05) is 19.8 Å². The maximum absolute atomic E-state index is 12.0. The van der Waals surface area contributed by atoms with Gasteiger partial charge in [0.05, 0.1) is 11.4 Å². The van der Waals surface area contributed by atoms with Gasteiger partial charge in [-0.15, -0.1) is 0 Å². The second-order valence-corrected chi connectivity index (χ2v) is 7.80. The van der Waals surface area contributed by atoms with Crippen molar-refractivity contribution in [3.05, 3.63) is 0 Å². The third-order valence-electron chi connectivity index (χ3n) is 4.28. The molecule has 0 aromatic heterocycles. The number of amides is 2. The highest BCUT2D eigenvalue weighted by Gasteiger charge is 2.32. The largest absolute Gasteiger partial charge is 0.391 e. The minimum absolute atomic E-state index is 0.00241. The zero-order valence-corrected chi connectivity index (χ0v) is 13.0. The molecule has 0 aromatic rings. The van der Waals surface area contributed by atoms with Crippen molar-refractivity contribution in [3.63, 3.8) is 0 Å². The first-order valence-electron chi connectivity index (χ1n) is 7.71. The summed E-state index contributed by atoms with van der Waals surface area (Å²) in [5, 5.41) is 15.5. The first-order chi connectivity index (χ1) is 9.61. The summed E-state index contributed by atoms with van der Waals surface area (Å²) in [7, 11) is -0.862. The molecule has 2 aliphatic rings. The van der Waals surface area contributed by atoms with Gasteiger partial charge < -0.3 is 15.7 Å². The van der Waals surface area contributed by atoms with Crippen molar-refractivity contribution >= 4 is 16.8 Å². The van der Waals surface area contributed by atoms with Crippen LogP contribution in [0, 0.1) is 5.92 Å². The monoisotopic (exact) mass is 302 g/mol. The highest BCUT2D eigenvalue weighted by Crippen LogP contribution is 2.32. The molecular formula is C14H26N2O3S. The molecule has 0 aromatic carbocycles. The van der Waals surface area contributed by atoms with E-state index in [1.54, 1.807) is 0 Å². The van der Waals surface area contributed by atoms with E-state index < -0.39 is 16.9 Å². The van der Waals surface area contributed by atoms with Gasteiger partial charge in [0.25, 0.3) is 0 Å². The Morgan fingerprint density at radius 3 is 2.65 bits per heavy atom. The lowest BCUT2D eigenvalue weighted by Gasteiger charge is -2.31. The molecule has 2 aliphatic carbocycles. The lowest BCUT2D eigenvalue weighted by molar-refractivity contribution is 0.148. The van der Waals surface area contributed by atoms with Crippen LogP contribution < -0.4 is 10.6 Å². The summed E-state index contributed by atoms with van der Waals surface area (Å²) in [6.07, 6.45) is 5.69. The molecule has 0 radical (unpaired) electrons. The summed E-state index contributed by atoms with van der Waals surface area (Å²) >= 11 is 0. The number of aliphatic hydroxyl groups excluding tert-OH is 1. The molecule has 6 heteroatoms. The molecule has 0 saturated heterocycles. The van der Waals surface area contributed by atoms with Gasteiger partial charge >= 0.3 is 6.03 Å². The number of hydrogen-bond donors (Lipinski definition) is 3. The number of urea groups is 1. The van der Waals surface area contributed by atoms with E-state index in [9.17, 15) is 14.1 Å². The predicted octanol–water partition coefficient (Wildman–Crippen LogP) is 1.14. The van der Waals surface area contributed by atoms with Crippen LogP contribution in [0.4, 0.5) is 4.79 Å². The second-order valence-electron chi connectivity index (χ2n) is 5.86. The standard InChI is InChI=1S/C14H26N2O3S/c1-2-20(19)13-6-4-3-5-11(13)16-14(18)15-9-12(17)10-7-8-10/h10-13,17H,2-9H2,1H3,(H2,15,16,18)/t11-,12+,13-,20+/m1/s1. The van der Waals surface area contributed by atoms with E-state index in [4.69, 9.17) is 0 Å². The van der Waals surface area contributed by atoms with Gasteiger partial charge in [-0.2, -0.15) is 0 Å². The fourth-order valence-electron chi connectivity index (χ4n) is 2.86. The molecule has 2 saturated carbocycles. The Morgan fingerprint density at radius 1 is 1.30 bits per heavy atom. The van der Waals surface area contributed by atoms with E-state index in [-0.39, 0.29) is 17.3 Å². The Morgan fingerprint density at radius 2 is 2.00 bits per heavy atom. The van der Waals surface area contributed by atoms with E-state index in [0.29, 0.717) is 18.2 Å². The molecule has 3 N–H and O–H groups in total. The van der Waals surface area contributed by atoms with E-state index >= 15 is 0 Å². The van der Waals surface area contributed by atoms with E-state index in [2.05, 4.69) is 10.6 Å². The Balaban J connectivity index is 1.76. The number of carbonyl (C=O) groups is 1. The zero-order valence-electron chi connectivity index (χ0n) is 12.1. The number of hydrogen-bond acceptors (Lipinski definition) is 3. The van der Waals surface area contributed by atoms with Gasteiger partial charge in [0.1, 0.15) is 0 Å². The molecule has 5 nitrogen and oxygen atoms in total. The van der Waals surface area contributed by atoms with Gasteiger partial charge in [0.2, 0.25) is 0 Å². The van der Waals surface area contributed by atoms with Crippen LogP contribution in [0.15, 0.2) is 0 Å². The smallest absolute Gasteiger partial charge is 0.315 e. The number of rotatable bonds is 6. The molecule has 0 unspecified atom stereocenters. The average molecular weight is 302 g/mol. The minimum atomic E-state index is -0.862. The van der Waals surface area contributed by atoms with Crippen molar-refractivity contribution < 1.29 is 14.1 Å². The van der Waals surface area contributed by atoms with Crippen LogP contribution in [0.2, 0.25) is 0 Å². The quantitative estimate of drug-likeness (QED) is 0.688. The van der Waals surface area contributed by atoms with Crippen molar-refractivity contribution in [3.8, 4) is 0 Å². The lowest BCUT2D eigenvalue weighted by atomic mass is 9.95. The van der Waals surface area contributed by atoms with Gasteiger partial charge in [-0.3, -0.25) is 4.21 Å². The van der Waals surface area contributed by atoms with E-state index in [1.807, 2.05) is 6.92 Å². The third-order valence-corrected chi connectivity index (χ3v) is 6.09. The number of aliphatic hydroxyl groups is 1. The molecule has 0 heterocycles. The summed E-state index contributed by atoms with van der Waals surface area (Å²) in [5.74, 6) is 1.01. The fraction of sp³-hybridized carbons (Fsp3) is 0.929. The first kappa shape index (κ1) is 15.8. The molecular weight excluding hydrogens is 276 g/mol. The second kappa shape index (κ2) is 7.41.